The molecule has 2 atom stereocenters. The van der Waals surface area contributed by atoms with E-state index in [1.165, 1.54) is 0 Å². The number of nitrogens with zero attached hydrogens (tertiary/aromatic N) is 1. The second-order valence-electron chi connectivity index (χ2n) is 5.52. The van der Waals surface area contributed by atoms with E-state index < -0.39 is 0 Å². The summed E-state index contributed by atoms with van der Waals surface area (Å²) in [7, 11) is 0. The Morgan fingerprint density at radius 1 is 1.35 bits per heavy atom. The van der Waals surface area contributed by atoms with Crippen LogP contribution in [0.15, 0.2) is 22.7 Å². The third kappa shape index (κ3) is 2.60. The predicted molar refractivity (Wildman–Crippen MR) is 85.9 cm³/mol. The topological polar surface area (TPSA) is 71.2 Å². The minimum absolute atomic E-state index is 0.187. The van der Waals surface area contributed by atoms with Gasteiger partial charge in [0, 0.05) is 27.7 Å². The summed E-state index contributed by atoms with van der Waals surface area (Å²) in [6.07, 6.45) is 2.45. The standard InChI is InChI=1S/C15H18BrN3O/c1-8-4-9(16)5-12-15(8)13(7-14(17)19-12)18-10-2-3-11(20)6-10/h4-5,7,10-11,20H,2-3,6H2,1H3,(H3,17,18,19)/t10-,11-/m0/s1. The summed E-state index contributed by atoms with van der Waals surface area (Å²) in [5, 5.41) is 14.3. The van der Waals surface area contributed by atoms with Gasteiger partial charge in [-0.05, 0) is 43.9 Å². The highest BCUT2D eigenvalue weighted by atomic mass is 79.9. The van der Waals surface area contributed by atoms with E-state index >= 15 is 0 Å². The molecule has 0 bridgehead atoms. The van der Waals surface area contributed by atoms with Crippen molar-refractivity contribution in [3.05, 3.63) is 28.2 Å². The number of aliphatic hydroxyl groups is 1. The van der Waals surface area contributed by atoms with Crippen molar-refractivity contribution in [3.63, 3.8) is 0 Å². The average Bonchev–Trinajstić information content (AvgIpc) is 2.72. The van der Waals surface area contributed by atoms with Crippen molar-refractivity contribution < 1.29 is 5.11 Å². The zero-order chi connectivity index (χ0) is 14.3. The number of nitrogens with one attached hydrogen (secondary N) is 1. The van der Waals surface area contributed by atoms with Gasteiger partial charge < -0.3 is 16.2 Å². The molecule has 1 saturated carbocycles. The first-order valence-electron chi connectivity index (χ1n) is 6.84. The van der Waals surface area contributed by atoms with Gasteiger partial charge in [-0.15, -0.1) is 0 Å². The molecule has 0 radical (unpaired) electrons. The molecule has 4 nitrogen and oxygen atoms in total. The number of nitrogen functional groups attached to an aromatic ring is 1. The smallest absolute Gasteiger partial charge is 0.126 e. The lowest BCUT2D eigenvalue weighted by Gasteiger charge is -2.17. The molecule has 1 aliphatic carbocycles. The Kier molecular flexibility index (Phi) is 3.56. The molecule has 4 N–H and O–H groups in total. The lowest BCUT2D eigenvalue weighted by molar-refractivity contribution is 0.182. The van der Waals surface area contributed by atoms with E-state index in [-0.39, 0.29) is 6.10 Å². The summed E-state index contributed by atoms with van der Waals surface area (Å²) < 4.78 is 1.00. The van der Waals surface area contributed by atoms with Crippen molar-refractivity contribution in [2.24, 2.45) is 0 Å². The molecule has 1 heterocycles. The highest BCUT2D eigenvalue weighted by Crippen LogP contribution is 2.32. The van der Waals surface area contributed by atoms with Crippen LogP contribution in [-0.2, 0) is 0 Å². The first-order chi connectivity index (χ1) is 9.52. The Labute approximate surface area is 126 Å². The molecule has 106 valence electrons. The normalized spacial score (nSPS) is 22.4. The van der Waals surface area contributed by atoms with Crippen LogP contribution < -0.4 is 11.1 Å². The van der Waals surface area contributed by atoms with Crippen LogP contribution in [0.1, 0.15) is 24.8 Å². The second-order valence-corrected chi connectivity index (χ2v) is 6.44. The number of rotatable bonds is 2. The minimum atomic E-state index is -0.187. The molecule has 0 amide bonds. The van der Waals surface area contributed by atoms with Gasteiger partial charge in [-0.1, -0.05) is 15.9 Å². The summed E-state index contributed by atoms with van der Waals surface area (Å²) in [5.74, 6) is 0.510. The van der Waals surface area contributed by atoms with Gasteiger partial charge >= 0.3 is 0 Å². The molecule has 0 aliphatic heterocycles. The van der Waals surface area contributed by atoms with Crippen molar-refractivity contribution in [1.82, 2.24) is 4.98 Å². The van der Waals surface area contributed by atoms with Gasteiger partial charge in [0.25, 0.3) is 0 Å². The van der Waals surface area contributed by atoms with Crippen LogP contribution in [-0.4, -0.2) is 22.2 Å². The predicted octanol–water partition coefficient (Wildman–Crippen LogP) is 3.21. The molecule has 0 unspecified atom stereocenters. The van der Waals surface area contributed by atoms with E-state index in [2.05, 4.69) is 39.2 Å². The number of anilines is 2. The Balaban J connectivity index is 2.05. The highest BCUT2D eigenvalue weighted by Gasteiger charge is 2.23. The Hall–Kier alpha value is -1.33. The molecular formula is C15H18BrN3O. The summed E-state index contributed by atoms with van der Waals surface area (Å²) >= 11 is 3.49. The van der Waals surface area contributed by atoms with Gasteiger partial charge in [-0.2, -0.15) is 0 Å². The summed E-state index contributed by atoms with van der Waals surface area (Å²) in [4.78, 5) is 4.41. The van der Waals surface area contributed by atoms with E-state index in [1.54, 1.807) is 0 Å². The summed E-state index contributed by atoms with van der Waals surface area (Å²) in [6, 6.07) is 6.24. The number of aromatic nitrogens is 1. The SMILES string of the molecule is Cc1cc(Br)cc2nc(N)cc(N[C@H]3CC[C@H](O)C3)c12. The molecule has 3 rings (SSSR count). The van der Waals surface area contributed by atoms with E-state index in [9.17, 15) is 5.11 Å². The van der Waals surface area contributed by atoms with Crippen molar-refractivity contribution >= 4 is 38.3 Å². The monoisotopic (exact) mass is 335 g/mol. The maximum atomic E-state index is 9.65. The average molecular weight is 336 g/mol. The van der Waals surface area contributed by atoms with E-state index in [0.29, 0.717) is 11.9 Å². The first kappa shape index (κ1) is 13.6. The van der Waals surface area contributed by atoms with Crippen molar-refractivity contribution in [3.8, 4) is 0 Å². The van der Waals surface area contributed by atoms with Gasteiger partial charge in [-0.3, -0.25) is 0 Å². The number of pyridine rings is 1. The summed E-state index contributed by atoms with van der Waals surface area (Å²) in [6.45, 7) is 2.07. The van der Waals surface area contributed by atoms with Crippen LogP contribution in [0.3, 0.4) is 0 Å². The van der Waals surface area contributed by atoms with Crippen molar-refractivity contribution in [1.29, 1.82) is 0 Å². The van der Waals surface area contributed by atoms with Crippen LogP contribution in [0.5, 0.6) is 0 Å². The Morgan fingerprint density at radius 2 is 2.15 bits per heavy atom. The Bertz CT molecular complexity index is 654. The molecule has 5 heteroatoms. The maximum absolute atomic E-state index is 9.65. The molecule has 0 spiro atoms. The largest absolute Gasteiger partial charge is 0.393 e. The number of benzene rings is 1. The molecule has 2 aromatic rings. The molecular weight excluding hydrogens is 318 g/mol. The number of hydrogen-bond acceptors (Lipinski definition) is 4. The van der Waals surface area contributed by atoms with E-state index in [4.69, 9.17) is 5.73 Å². The lowest BCUT2D eigenvalue weighted by atomic mass is 10.1. The molecule has 1 aromatic heterocycles. The van der Waals surface area contributed by atoms with E-state index in [1.807, 2.05) is 12.1 Å². The minimum Gasteiger partial charge on any atom is -0.393 e. The van der Waals surface area contributed by atoms with Gasteiger partial charge in [-0.25, -0.2) is 4.98 Å². The zero-order valence-corrected chi connectivity index (χ0v) is 12.9. The third-order valence-corrected chi connectivity index (χ3v) is 4.31. The van der Waals surface area contributed by atoms with Crippen LogP contribution in [0.4, 0.5) is 11.5 Å². The van der Waals surface area contributed by atoms with Crippen molar-refractivity contribution in [2.45, 2.75) is 38.3 Å². The van der Waals surface area contributed by atoms with Crippen molar-refractivity contribution in [2.75, 3.05) is 11.1 Å². The summed E-state index contributed by atoms with van der Waals surface area (Å²) in [5.41, 5.74) is 8.96. The maximum Gasteiger partial charge on any atom is 0.126 e. The van der Waals surface area contributed by atoms with Gasteiger partial charge in [0.1, 0.15) is 5.82 Å². The molecule has 0 saturated heterocycles. The lowest BCUT2D eigenvalue weighted by Crippen LogP contribution is -2.17. The molecule has 1 fully saturated rings. The number of nitrogens with two attached hydrogens (primary N) is 1. The second kappa shape index (κ2) is 5.22. The van der Waals surface area contributed by atoms with Crippen LogP contribution in [0.25, 0.3) is 10.9 Å². The number of aryl methyl sites for hydroxylation is 1. The highest BCUT2D eigenvalue weighted by molar-refractivity contribution is 9.10. The Morgan fingerprint density at radius 3 is 2.85 bits per heavy atom. The van der Waals surface area contributed by atoms with Crippen LogP contribution >= 0.6 is 15.9 Å². The molecule has 1 aliphatic rings. The number of aliphatic hydroxyl groups excluding tert-OH is 1. The van der Waals surface area contributed by atoms with Gasteiger partial charge in [0.2, 0.25) is 0 Å². The molecule has 20 heavy (non-hydrogen) atoms. The zero-order valence-electron chi connectivity index (χ0n) is 11.4. The number of hydrogen-bond donors (Lipinski definition) is 3. The third-order valence-electron chi connectivity index (χ3n) is 3.86. The number of halogens is 1. The van der Waals surface area contributed by atoms with Crippen LogP contribution in [0, 0.1) is 6.92 Å². The van der Waals surface area contributed by atoms with Crippen LogP contribution in [0.2, 0.25) is 0 Å². The molecule has 1 aromatic carbocycles. The quantitative estimate of drug-likeness (QED) is 0.788. The first-order valence-corrected chi connectivity index (χ1v) is 7.63. The fourth-order valence-electron chi connectivity index (χ4n) is 2.98. The van der Waals surface area contributed by atoms with Gasteiger partial charge in [0.15, 0.2) is 0 Å². The fourth-order valence-corrected chi connectivity index (χ4v) is 3.54. The number of fused-ring (bicyclic) bond motifs is 1. The van der Waals surface area contributed by atoms with E-state index in [0.717, 1.165) is 45.9 Å². The van der Waals surface area contributed by atoms with Gasteiger partial charge in [0.05, 0.1) is 11.6 Å². The fraction of sp³-hybridized carbons (Fsp3) is 0.400.